The van der Waals surface area contributed by atoms with Gasteiger partial charge in [-0.2, -0.15) is 4.31 Å². The van der Waals surface area contributed by atoms with E-state index >= 15 is 0 Å². The molecule has 0 radical (unpaired) electrons. The first-order valence-electron chi connectivity index (χ1n) is 13.3. The number of hydrogen-bond donors (Lipinski definition) is 1. The van der Waals surface area contributed by atoms with Gasteiger partial charge in [0.15, 0.2) is 0 Å². The van der Waals surface area contributed by atoms with Crippen LogP contribution in [-0.4, -0.2) is 92.6 Å². The summed E-state index contributed by atoms with van der Waals surface area (Å²) in [6.45, 7) is 3.18. The summed E-state index contributed by atoms with van der Waals surface area (Å²) >= 11 is 6.01. The van der Waals surface area contributed by atoms with E-state index in [4.69, 9.17) is 21.1 Å². The lowest BCUT2D eigenvalue weighted by Crippen LogP contribution is -2.58. The Hall–Kier alpha value is -3.35. The van der Waals surface area contributed by atoms with E-state index in [1.54, 1.807) is 48.5 Å². The highest BCUT2D eigenvalue weighted by atomic mass is 35.5. The predicted molar refractivity (Wildman–Crippen MR) is 151 cm³/mol. The van der Waals surface area contributed by atoms with Crippen LogP contribution in [0.4, 0.5) is 10.5 Å². The second kappa shape index (κ2) is 12.0. The highest BCUT2D eigenvalue weighted by molar-refractivity contribution is 7.93. The number of carbonyl (C=O) groups is 2. The monoisotopic (exact) mass is 589 g/mol. The second-order valence-corrected chi connectivity index (χ2v) is 12.3. The van der Waals surface area contributed by atoms with Crippen molar-refractivity contribution in [3.63, 3.8) is 0 Å². The van der Waals surface area contributed by atoms with E-state index in [2.05, 4.69) is 15.2 Å². The SMILES string of the molecule is CCOC(=O)NC1CCN(c2ccncc2)C(CN2CCN(S(=O)(=O)C3=Cc4ccc(Cl)cc4OC3)CC2=O)C1. The number of piperidine rings is 1. The maximum Gasteiger partial charge on any atom is 0.407 e. The summed E-state index contributed by atoms with van der Waals surface area (Å²) in [5.74, 6) is 0.254. The van der Waals surface area contributed by atoms with Gasteiger partial charge in [-0.1, -0.05) is 11.6 Å². The first-order chi connectivity index (χ1) is 19.2. The normalized spacial score (nSPS) is 21.8. The lowest BCUT2D eigenvalue weighted by Gasteiger charge is -2.44. The minimum absolute atomic E-state index is 0.0898. The molecule has 0 bridgehead atoms. The molecule has 11 nitrogen and oxygen atoms in total. The van der Waals surface area contributed by atoms with Crippen molar-refractivity contribution in [1.29, 1.82) is 0 Å². The van der Waals surface area contributed by atoms with Gasteiger partial charge in [0.05, 0.1) is 18.1 Å². The summed E-state index contributed by atoms with van der Waals surface area (Å²) in [6, 6.07) is 8.67. The van der Waals surface area contributed by atoms with Crippen molar-refractivity contribution in [3.8, 4) is 5.75 Å². The summed E-state index contributed by atoms with van der Waals surface area (Å²) in [6.07, 6.45) is 5.91. The molecule has 2 saturated heterocycles. The zero-order valence-corrected chi connectivity index (χ0v) is 23.7. The molecule has 13 heteroatoms. The number of anilines is 1. The lowest BCUT2D eigenvalue weighted by atomic mass is 9.95. The van der Waals surface area contributed by atoms with Gasteiger partial charge in [-0.25, -0.2) is 13.2 Å². The molecular weight excluding hydrogens is 558 g/mol. The van der Waals surface area contributed by atoms with Crippen molar-refractivity contribution < 1.29 is 27.5 Å². The van der Waals surface area contributed by atoms with E-state index in [-0.39, 0.29) is 55.7 Å². The topological polar surface area (TPSA) is 121 Å². The Morgan fingerprint density at radius 1 is 1.20 bits per heavy atom. The number of amides is 2. The molecule has 214 valence electrons. The summed E-state index contributed by atoms with van der Waals surface area (Å²) in [7, 11) is -3.90. The van der Waals surface area contributed by atoms with E-state index in [1.807, 2.05) is 12.1 Å². The predicted octanol–water partition coefficient (Wildman–Crippen LogP) is 2.73. The quantitative estimate of drug-likeness (QED) is 0.523. The van der Waals surface area contributed by atoms with Crippen LogP contribution in [0, 0.1) is 0 Å². The Kier molecular flexibility index (Phi) is 8.48. The number of rotatable bonds is 7. The highest BCUT2D eigenvalue weighted by Crippen LogP contribution is 2.32. The van der Waals surface area contributed by atoms with Crippen LogP contribution < -0.4 is 15.0 Å². The molecule has 3 aliphatic heterocycles. The first kappa shape index (κ1) is 28.2. The zero-order valence-electron chi connectivity index (χ0n) is 22.2. The molecule has 5 rings (SSSR count). The summed E-state index contributed by atoms with van der Waals surface area (Å²) < 4.78 is 38.7. The van der Waals surface area contributed by atoms with Crippen LogP contribution in [0.5, 0.6) is 5.75 Å². The number of piperazine rings is 1. The molecular formula is C27H32ClN5O6S. The number of sulfonamides is 1. The molecule has 1 aromatic carbocycles. The van der Waals surface area contributed by atoms with Crippen molar-refractivity contribution in [1.82, 2.24) is 19.5 Å². The minimum Gasteiger partial charge on any atom is -0.487 e. The molecule has 2 amide bonds. The second-order valence-electron chi connectivity index (χ2n) is 9.90. The van der Waals surface area contributed by atoms with E-state index in [0.29, 0.717) is 35.8 Å². The molecule has 0 aliphatic carbocycles. The Balaban J connectivity index is 1.27. The van der Waals surface area contributed by atoms with Gasteiger partial charge in [-0.3, -0.25) is 9.78 Å². The number of hydrogen-bond acceptors (Lipinski definition) is 8. The van der Waals surface area contributed by atoms with Crippen molar-refractivity contribution >= 4 is 45.4 Å². The van der Waals surface area contributed by atoms with Crippen LogP contribution in [0.1, 0.15) is 25.3 Å². The van der Waals surface area contributed by atoms with Crippen LogP contribution in [0.2, 0.25) is 5.02 Å². The molecule has 1 aromatic heterocycles. The number of alkyl carbamates (subject to hydrolysis) is 1. The van der Waals surface area contributed by atoms with Gasteiger partial charge < -0.3 is 24.6 Å². The molecule has 1 N–H and O–H groups in total. The molecule has 0 spiro atoms. The molecule has 2 unspecified atom stereocenters. The van der Waals surface area contributed by atoms with E-state index in [0.717, 1.165) is 12.1 Å². The van der Waals surface area contributed by atoms with Gasteiger partial charge in [0, 0.05) is 66.9 Å². The van der Waals surface area contributed by atoms with Gasteiger partial charge in [0.2, 0.25) is 15.9 Å². The summed E-state index contributed by atoms with van der Waals surface area (Å²) in [5, 5.41) is 3.43. The Labute approximate surface area is 238 Å². The van der Waals surface area contributed by atoms with Gasteiger partial charge in [0.1, 0.15) is 12.4 Å². The number of pyridine rings is 1. The van der Waals surface area contributed by atoms with Crippen LogP contribution in [-0.2, 0) is 19.6 Å². The van der Waals surface area contributed by atoms with Gasteiger partial charge in [-0.05, 0) is 56.2 Å². The molecule has 2 atom stereocenters. The lowest BCUT2D eigenvalue weighted by molar-refractivity contribution is -0.134. The fraction of sp³-hybridized carbons (Fsp3) is 0.444. The molecule has 4 heterocycles. The minimum atomic E-state index is -3.90. The average Bonchev–Trinajstić information content (AvgIpc) is 2.94. The van der Waals surface area contributed by atoms with E-state index in [9.17, 15) is 18.0 Å². The summed E-state index contributed by atoms with van der Waals surface area (Å²) in [4.78, 5) is 33.5. The summed E-state index contributed by atoms with van der Waals surface area (Å²) in [5.41, 5.74) is 1.60. The third-order valence-corrected chi connectivity index (χ3v) is 9.48. The third kappa shape index (κ3) is 6.18. The van der Waals surface area contributed by atoms with Gasteiger partial charge in [-0.15, -0.1) is 0 Å². The molecule has 40 heavy (non-hydrogen) atoms. The molecule has 3 aliphatic rings. The van der Waals surface area contributed by atoms with Crippen LogP contribution in [0.15, 0.2) is 47.6 Å². The van der Waals surface area contributed by atoms with Crippen molar-refractivity contribution in [2.45, 2.75) is 31.8 Å². The van der Waals surface area contributed by atoms with E-state index < -0.39 is 16.1 Å². The molecule has 2 fully saturated rings. The first-order valence-corrected chi connectivity index (χ1v) is 15.1. The van der Waals surface area contributed by atoms with Crippen LogP contribution >= 0.6 is 11.6 Å². The number of aromatic nitrogens is 1. The van der Waals surface area contributed by atoms with Crippen molar-refractivity contribution in [2.75, 3.05) is 50.8 Å². The van der Waals surface area contributed by atoms with Crippen molar-refractivity contribution in [3.05, 3.63) is 58.2 Å². The number of ether oxygens (including phenoxy) is 2. The third-order valence-electron chi connectivity index (χ3n) is 7.36. The Morgan fingerprint density at radius 3 is 2.75 bits per heavy atom. The Morgan fingerprint density at radius 2 is 2.00 bits per heavy atom. The Bertz CT molecular complexity index is 1390. The number of halogens is 1. The largest absolute Gasteiger partial charge is 0.487 e. The molecule has 2 aromatic rings. The number of fused-ring (bicyclic) bond motifs is 1. The molecule has 0 saturated carbocycles. The fourth-order valence-electron chi connectivity index (χ4n) is 5.34. The maximum atomic E-state index is 13.4. The highest BCUT2D eigenvalue weighted by Gasteiger charge is 2.38. The fourth-order valence-corrected chi connectivity index (χ4v) is 6.92. The number of nitrogens with zero attached hydrogens (tertiary/aromatic N) is 4. The van der Waals surface area contributed by atoms with Crippen LogP contribution in [0.25, 0.3) is 6.08 Å². The number of carbonyl (C=O) groups excluding carboxylic acids is 2. The smallest absolute Gasteiger partial charge is 0.407 e. The van der Waals surface area contributed by atoms with E-state index in [1.165, 1.54) is 4.31 Å². The standard InChI is InChI=1S/C27H32ClN5O6S/c1-2-38-27(35)30-21-7-10-33(22-5-8-29-9-6-22)23(15-21)16-31-11-12-32(17-26(31)34)40(36,37)24-13-19-3-4-20(28)14-25(19)39-18-24/h3-6,8-9,13-14,21,23H,2,7,10-12,15-18H2,1H3,(H,30,35). The number of benzene rings is 1. The number of nitrogens with one attached hydrogen (secondary N) is 1. The maximum absolute atomic E-state index is 13.4. The zero-order chi connectivity index (χ0) is 28.3. The van der Waals surface area contributed by atoms with Gasteiger partial charge in [0.25, 0.3) is 0 Å². The average molecular weight is 590 g/mol. The van der Waals surface area contributed by atoms with Crippen molar-refractivity contribution in [2.24, 2.45) is 0 Å². The van der Waals surface area contributed by atoms with Gasteiger partial charge >= 0.3 is 6.09 Å². The van der Waals surface area contributed by atoms with Crippen LogP contribution in [0.3, 0.4) is 0 Å².